The quantitative estimate of drug-likeness (QED) is 0.904. The van der Waals surface area contributed by atoms with Crippen LogP contribution in [0.3, 0.4) is 0 Å². The summed E-state index contributed by atoms with van der Waals surface area (Å²) in [4.78, 5) is 11.9. The highest BCUT2D eigenvalue weighted by atomic mass is 79.9. The fourth-order valence-electron chi connectivity index (χ4n) is 1.35. The fourth-order valence-corrected chi connectivity index (χ4v) is 2.46. The van der Waals surface area contributed by atoms with Crippen LogP contribution < -0.4 is 5.32 Å². The van der Waals surface area contributed by atoms with Crippen molar-refractivity contribution in [3.05, 3.63) is 34.3 Å². The Morgan fingerprint density at radius 2 is 1.89 bits per heavy atom. The lowest BCUT2D eigenvalue weighted by Gasteiger charge is -2.23. The minimum Gasteiger partial charge on any atom is -0.351 e. The fraction of sp³-hybridized carbons (Fsp3) is 0.500. The molecule has 0 spiro atoms. The van der Waals surface area contributed by atoms with Crippen molar-refractivity contribution in [3.8, 4) is 0 Å². The summed E-state index contributed by atoms with van der Waals surface area (Å²) >= 11 is 5.07. The van der Waals surface area contributed by atoms with Gasteiger partial charge in [-0.2, -0.15) is 0 Å². The average Bonchev–Trinajstić information content (AvgIpc) is 2.25. The van der Waals surface area contributed by atoms with Gasteiger partial charge in [0.25, 0.3) is 0 Å². The van der Waals surface area contributed by atoms with Gasteiger partial charge >= 0.3 is 0 Å². The average molecular weight is 330 g/mol. The molecule has 0 aliphatic rings. The Balaban J connectivity index is 2.43. The van der Waals surface area contributed by atoms with Crippen LogP contribution in [0.25, 0.3) is 0 Å². The summed E-state index contributed by atoms with van der Waals surface area (Å²) in [6.45, 7) is 7.94. The molecule has 0 aliphatic heterocycles. The van der Waals surface area contributed by atoms with Crippen molar-refractivity contribution in [1.82, 2.24) is 5.32 Å². The van der Waals surface area contributed by atoms with Crippen molar-refractivity contribution in [2.24, 2.45) is 0 Å². The first-order valence-corrected chi connectivity index (χ1v) is 7.80. The molecule has 100 valence electrons. The lowest BCUT2D eigenvalue weighted by Crippen LogP contribution is -2.44. The van der Waals surface area contributed by atoms with Crippen molar-refractivity contribution >= 4 is 33.6 Å². The first-order chi connectivity index (χ1) is 8.28. The highest BCUT2D eigenvalue weighted by Crippen LogP contribution is 2.20. The SMILES string of the molecule is C[C@@H](SCc1ccc(Br)cc1)C(=O)NC(C)(C)C. The molecule has 18 heavy (non-hydrogen) atoms. The maximum Gasteiger partial charge on any atom is 0.233 e. The first-order valence-electron chi connectivity index (χ1n) is 5.96. The Kier molecular flexibility index (Phi) is 5.73. The van der Waals surface area contributed by atoms with Gasteiger partial charge in [0.2, 0.25) is 5.91 Å². The van der Waals surface area contributed by atoms with E-state index in [1.54, 1.807) is 11.8 Å². The third kappa shape index (κ3) is 5.91. The van der Waals surface area contributed by atoms with E-state index in [2.05, 4.69) is 33.4 Å². The molecule has 1 amide bonds. The largest absolute Gasteiger partial charge is 0.351 e. The smallest absolute Gasteiger partial charge is 0.233 e. The molecule has 0 heterocycles. The van der Waals surface area contributed by atoms with Crippen LogP contribution in [0.2, 0.25) is 0 Å². The minimum atomic E-state index is -0.163. The maximum atomic E-state index is 11.9. The number of carbonyl (C=O) groups excluding carboxylic acids is 1. The summed E-state index contributed by atoms with van der Waals surface area (Å²) < 4.78 is 1.08. The molecule has 0 aromatic heterocycles. The summed E-state index contributed by atoms with van der Waals surface area (Å²) in [6, 6.07) is 8.20. The number of hydrogen-bond acceptors (Lipinski definition) is 2. The molecule has 1 N–H and O–H groups in total. The van der Waals surface area contributed by atoms with Crippen molar-refractivity contribution in [3.63, 3.8) is 0 Å². The molecule has 1 atom stereocenters. The molecule has 0 aliphatic carbocycles. The van der Waals surface area contributed by atoms with E-state index in [4.69, 9.17) is 0 Å². The van der Waals surface area contributed by atoms with Crippen molar-refractivity contribution in [2.45, 2.75) is 44.2 Å². The Morgan fingerprint density at radius 3 is 2.39 bits per heavy atom. The zero-order valence-electron chi connectivity index (χ0n) is 11.3. The van der Waals surface area contributed by atoms with Crippen LogP contribution in [0.5, 0.6) is 0 Å². The number of hydrogen-bond donors (Lipinski definition) is 1. The summed E-state index contributed by atoms with van der Waals surface area (Å²) in [5, 5.41) is 2.96. The Morgan fingerprint density at radius 1 is 1.33 bits per heavy atom. The van der Waals surface area contributed by atoms with Gasteiger partial charge in [-0.15, -0.1) is 11.8 Å². The highest BCUT2D eigenvalue weighted by molar-refractivity contribution is 9.10. The van der Waals surface area contributed by atoms with Gasteiger partial charge in [-0.05, 0) is 45.4 Å². The van der Waals surface area contributed by atoms with Gasteiger partial charge in [-0.3, -0.25) is 4.79 Å². The molecule has 1 aromatic carbocycles. The van der Waals surface area contributed by atoms with Crippen molar-refractivity contribution < 1.29 is 4.79 Å². The summed E-state index contributed by atoms with van der Waals surface area (Å²) in [5.41, 5.74) is 1.07. The third-order valence-corrected chi connectivity index (χ3v) is 4.02. The lowest BCUT2D eigenvalue weighted by molar-refractivity contribution is -0.121. The van der Waals surface area contributed by atoms with Crippen LogP contribution >= 0.6 is 27.7 Å². The lowest BCUT2D eigenvalue weighted by atomic mass is 10.1. The van der Waals surface area contributed by atoms with Crippen molar-refractivity contribution in [1.29, 1.82) is 0 Å². The number of thioether (sulfide) groups is 1. The summed E-state index contributed by atoms with van der Waals surface area (Å²) in [7, 11) is 0. The second-order valence-electron chi connectivity index (χ2n) is 5.32. The molecule has 1 rings (SSSR count). The summed E-state index contributed by atoms with van der Waals surface area (Å²) in [6.07, 6.45) is 0. The number of benzene rings is 1. The van der Waals surface area contributed by atoms with Crippen LogP contribution in [0, 0.1) is 0 Å². The van der Waals surface area contributed by atoms with Gasteiger partial charge in [-0.1, -0.05) is 28.1 Å². The third-order valence-electron chi connectivity index (χ3n) is 2.28. The van der Waals surface area contributed by atoms with Gasteiger partial charge in [0.05, 0.1) is 5.25 Å². The standard InChI is InChI=1S/C14H20BrNOS/c1-10(13(17)16-14(2,3)4)18-9-11-5-7-12(15)8-6-11/h5-8,10H,9H2,1-4H3,(H,16,17)/t10-/m1/s1. The van der Waals surface area contributed by atoms with Gasteiger partial charge in [0.1, 0.15) is 0 Å². The second kappa shape index (κ2) is 6.62. The first kappa shape index (κ1) is 15.6. The van der Waals surface area contributed by atoms with E-state index in [9.17, 15) is 4.79 Å². The minimum absolute atomic E-state index is 0.0344. The molecular formula is C14H20BrNOS. The molecule has 0 saturated carbocycles. The predicted molar refractivity (Wildman–Crippen MR) is 82.8 cm³/mol. The van der Waals surface area contributed by atoms with E-state index in [0.717, 1.165) is 10.2 Å². The topological polar surface area (TPSA) is 29.1 Å². The molecule has 2 nitrogen and oxygen atoms in total. The normalized spacial score (nSPS) is 13.2. The number of nitrogens with one attached hydrogen (secondary N) is 1. The molecule has 4 heteroatoms. The van der Waals surface area contributed by atoms with E-state index < -0.39 is 0 Å². The zero-order chi connectivity index (χ0) is 13.8. The molecule has 1 aromatic rings. The van der Waals surface area contributed by atoms with E-state index in [0.29, 0.717) is 0 Å². The Hall–Kier alpha value is -0.480. The molecule has 0 fully saturated rings. The van der Waals surface area contributed by atoms with E-state index in [1.165, 1.54) is 5.56 Å². The Labute approximate surface area is 122 Å². The molecular weight excluding hydrogens is 310 g/mol. The number of rotatable bonds is 4. The van der Waals surface area contributed by atoms with Crippen LogP contribution in [-0.2, 0) is 10.5 Å². The monoisotopic (exact) mass is 329 g/mol. The zero-order valence-corrected chi connectivity index (χ0v) is 13.7. The molecule has 0 unspecified atom stereocenters. The number of carbonyl (C=O) groups is 1. The number of halogens is 1. The van der Waals surface area contributed by atoms with Gasteiger partial charge in [-0.25, -0.2) is 0 Å². The molecule has 0 saturated heterocycles. The number of amides is 1. The van der Waals surface area contributed by atoms with E-state index >= 15 is 0 Å². The molecule has 0 bridgehead atoms. The predicted octanol–water partition coefficient (Wildman–Crippen LogP) is 3.99. The van der Waals surface area contributed by atoms with E-state index in [-0.39, 0.29) is 16.7 Å². The maximum absolute atomic E-state index is 11.9. The Bertz CT molecular complexity index is 397. The van der Waals surface area contributed by atoms with Gasteiger partial charge < -0.3 is 5.32 Å². The highest BCUT2D eigenvalue weighted by Gasteiger charge is 2.19. The second-order valence-corrected chi connectivity index (χ2v) is 7.56. The molecule has 0 radical (unpaired) electrons. The van der Waals surface area contributed by atoms with Crippen molar-refractivity contribution in [2.75, 3.05) is 0 Å². The van der Waals surface area contributed by atoms with Crippen LogP contribution in [0.1, 0.15) is 33.3 Å². The van der Waals surface area contributed by atoms with Gasteiger partial charge in [0, 0.05) is 15.8 Å². The van der Waals surface area contributed by atoms with E-state index in [1.807, 2.05) is 39.8 Å². The summed E-state index contributed by atoms with van der Waals surface area (Å²) in [5.74, 6) is 0.955. The van der Waals surface area contributed by atoms with Gasteiger partial charge in [0.15, 0.2) is 0 Å². The van der Waals surface area contributed by atoms with Crippen LogP contribution in [0.4, 0.5) is 0 Å². The van der Waals surface area contributed by atoms with Crippen LogP contribution in [0.15, 0.2) is 28.7 Å². The van der Waals surface area contributed by atoms with Crippen LogP contribution in [-0.4, -0.2) is 16.7 Å².